The zero-order chi connectivity index (χ0) is 24.9. The quantitative estimate of drug-likeness (QED) is 0.276. The zero-order valence-electron chi connectivity index (χ0n) is 18.7. The van der Waals surface area contributed by atoms with E-state index in [1.165, 1.54) is 11.0 Å². The Morgan fingerprint density at radius 3 is 2.37 bits per heavy atom. The van der Waals surface area contributed by atoms with Crippen molar-refractivity contribution in [3.63, 3.8) is 0 Å². The lowest BCUT2D eigenvalue weighted by molar-refractivity contribution is -0.383. The molecule has 1 fully saturated rings. The first-order chi connectivity index (χ1) is 16.8. The first-order valence-corrected chi connectivity index (χ1v) is 11.5. The van der Waals surface area contributed by atoms with Gasteiger partial charge in [0.2, 0.25) is 0 Å². The lowest BCUT2D eigenvalue weighted by atomic mass is 10.1. The number of nitro groups is 1. The van der Waals surface area contributed by atoms with Gasteiger partial charge in [0.15, 0.2) is 11.6 Å². The summed E-state index contributed by atoms with van der Waals surface area (Å²) < 4.78 is 27.0. The molecule has 0 spiro atoms. The number of piperazine rings is 1. The van der Waals surface area contributed by atoms with Gasteiger partial charge in [-0.25, -0.2) is 8.78 Å². The number of benzene rings is 3. The molecule has 182 valence electrons. The van der Waals surface area contributed by atoms with Crippen molar-refractivity contribution in [1.82, 2.24) is 4.90 Å². The summed E-state index contributed by atoms with van der Waals surface area (Å²) in [6, 6.07) is 16.3. The van der Waals surface area contributed by atoms with E-state index in [9.17, 15) is 23.7 Å². The van der Waals surface area contributed by atoms with Gasteiger partial charge in [-0.1, -0.05) is 41.9 Å². The number of rotatable bonds is 7. The molecule has 0 aliphatic carbocycles. The van der Waals surface area contributed by atoms with Crippen LogP contribution in [0.3, 0.4) is 0 Å². The van der Waals surface area contributed by atoms with Crippen LogP contribution in [0.1, 0.15) is 15.9 Å². The van der Waals surface area contributed by atoms with Crippen molar-refractivity contribution in [3.05, 3.63) is 98.6 Å². The van der Waals surface area contributed by atoms with Crippen molar-refractivity contribution >= 4 is 34.6 Å². The second kappa shape index (κ2) is 10.7. The van der Waals surface area contributed by atoms with Gasteiger partial charge in [-0.05, 0) is 36.2 Å². The van der Waals surface area contributed by atoms with E-state index in [2.05, 4.69) is 5.32 Å². The molecule has 4 rings (SSSR count). The number of hydrogen-bond donors (Lipinski definition) is 1. The standard InChI is InChI=1S/C25H23ClF2N4O3/c26-20-16-22(28)21(27)15-19(20)25(33)31-12-10-30(11-13-31)18-6-7-24(32(34)35)23(14-18)29-9-8-17-4-2-1-3-5-17/h1-7,14-16,29H,8-13H2. The van der Waals surface area contributed by atoms with E-state index in [-0.39, 0.29) is 16.3 Å². The Kier molecular flexibility index (Phi) is 7.45. The third kappa shape index (κ3) is 5.68. The summed E-state index contributed by atoms with van der Waals surface area (Å²) in [5.74, 6) is -2.71. The number of halogens is 3. The summed E-state index contributed by atoms with van der Waals surface area (Å²) in [7, 11) is 0. The maximum Gasteiger partial charge on any atom is 0.292 e. The van der Waals surface area contributed by atoms with Crippen molar-refractivity contribution in [2.24, 2.45) is 0 Å². The highest BCUT2D eigenvalue weighted by atomic mass is 35.5. The molecule has 0 radical (unpaired) electrons. The van der Waals surface area contributed by atoms with Gasteiger partial charge in [-0.2, -0.15) is 0 Å². The van der Waals surface area contributed by atoms with Crippen molar-refractivity contribution in [3.8, 4) is 0 Å². The lowest BCUT2D eigenvalue weighted by Gasteiger charge is -2.36. The SMILES string of the molecule is O=C(c1cc(F)c(F)cc1Cl)N1CCN(c2ccc([N+](=O)[O-])c(NCCc3ccccc3)c2)CC1. The third-order valence-electron chi connectivity index (χ3n) is 5.92. The number of carbonyl (C=O) groups excluding carboxylic acids is 1. The Morgan fingerprint density at radius 2 is 1.69 bits per heavy atom. The number of nitrogens with one attached hydrogen (secondary N) is 1. The predicted molar refractivity (Wildman–Crippen MR) is 131 cm³/mol. The normalized spacial score (nSPS) is 13.6. The van der Waals surface area contributed by atoms with Gasteiger partial charge < -0.3 is 15.1 Å². The summed E-state index contributed by atoms with van der Waals surface area (Å²) in [5, 5.41) is 14.5. The van der Waals surface area contributed by atoms with E-state index in [4.69, 9.17) is 11.6 Å². The van der Waals surface area contributed by atoms with E-state index in [1.54, 1.807) is 12.1 Å². The monoisotopic (exact) mass is 500 g/mol. The van der Waals surface area contributed by atoms with Gasteiger partial charge in [-0.15, -0.1) is 0 Å². The van der Waals surface area contributed by atoms with Gasteiger partial charge in [0.1, 0.15) is 5.69 Å². The second-order valence-corrected chi connectivity index (χ2v) is 8.55. The summed E-state index contributed by atoms with van der Waals surface area (Å²) in [5.41, 5.74) is 2.25. The van der Waals surface area contributed by atoms with Crippen molar-refractivity contribution < 1.29 is 18.5 Å². The van der Waals surface area contributed by atoms with Crippen LogP contribution in [-0.2, 0) is 6.42 Å². The van der Waals surface area contributed by atoms with Gasteiger partial charge in [0.25, 0.3) is 11.6 Å². The highest BCUT2D eigenvalue weighted by molar-refractivity contribution is 6.33. The number of carbonyl (C=O) groups is 1. The molecule has 0 saturated carbocycles. The molecule has 10 heteroatoms. The van der Waals surface area contributed by atoms with Gasteiger partial charge in [0.05, 0.1) is 15.5 Å². The molecular formula is C25H23ClF2N4O3. The first-order valence-electron chi connectivity index (χ1n) is 11.1. The highest BCUT2D eigenvalue weighted by Gasteiger charge is 2.26. The molecule has 1 aliphatic rings. The average molecular weight is 501 g/mol. The Morgan fingerprint density at radius 1 is 1.00 bits per heavy atom. The molecular weight excluding hydrogens is 478 g/mol. The molecule has 3 aromatic rings. The number of amides is 1. The number of nitrogens with zero attached hydrogens (tertiary/aromatic N) is 3. The largest absolute Gasteiger partial charge is 0.379 e. The van der Waals surface area contributed by atoms with Gasteiger partial charge in [0, 0.05) is 44.5 Å². The Labute approximate surface area is 206 Å². The van der Waals surface area contributed by atoms with Crippen LogP contribution in [0.4, 0.5) is 25.8 Å². The second-order valence-electron chi connectivity index (χ2n) is 8.15. The van der Waals surface area contributed by atoms with Gasteiger partial charge >= 0.3 is 0 Å². The molecule has 1 amide bonds. The van der Waals surface area contributed by atoms with E-state index < -0.39 is 22.5 Å². The van der Waals surface area contributed by atoms with E-state index in [0.29, 0.717) is 38.4 Å². The van der Waals surface area contributed by atoms with E-state index >= 15 is 0 Å². The smallest absolute Gasteiger partial charge is 0.292 e. The fraction of sp³-hybridized carbons (Fsp3) is 0.240. The van der Waals surface area contributed by atoms with Crippen LogP contribution in [0.5, 0.6) is 0 Å². The maximum atomic E-state index is 13.6. The van der Waals surface area contributed by atoms with Crippen LogP contribution in [0.25, 0.3) is 0 Å². The first kappa shape index (κ1) is 24.4. The van der Waals surface area contributed by atoms with Crippen LogP contribution in [0.2, 0.25) is 5.02 Å². The van der Waals surface area contributed by atoms with Crippen molar-refractivity contribution in [2.75, 3.05) is 42.9 Å². The minimum absolute atomic E-state index is 0.0106. The maximum absolute atomic E-state index is 13.6. The molecule has 0 aromatic heterocycles. The fourth-order valence-electron chi connectivity index (χ4n) is 4.03. The van der Waals surface area contributed by atoms with Crippen LogP contribution < -0.4 is 10.2 Å². The molecule has 1 N–H and O–H groups in total. The topological polar surface area (TPSA) is 78.7 Å². The van der Waals surface area contributed by atoms with Crippen molar-refractivity contribution in [2.45, 2.75) is 6.42 Å². The van der Waals surface area contributed by atoms with Gasteiger partial charge in [-0.3, -0.25) is 14.9 Å². The predicted octanol–water partition coefficient (Wildman–Crippen LogP) is 5.14. The molecule has 0 unspecified atom stereocenters. The lowest BCUT2D eigenvalue weighted by Crippen LogP contribution is -2.48. The summed E-state index contributed by atoms with van der Waals surface area (Å²) in [6.45, 7) is 2.14. The average Bonchev–Trinajstić information content (AvgIpc) is 2.86. The van der Waals surface area contributed by atoms with Crippen LogP contribution in [0.15, 0.2) is 60.7 Å². The summed E-state index contributed by atoms with van der Waals surface area (Å²) in [4.78, 5) is 27.4. The van der Waals surface area contributed by atoms with Crippen LogP contribution in [0, 0.1) is 21.7 Å². The molecule has 0 bridgehead atoms. The number of anilines is 2. The molecule has 35 heavy (non-hydrogen) atoms. The molecule has 1 saturated heterocycles. The fourth-order valence-corrected chi connectivity index (χ4v) is 4.26. The summed E-state index contributed by atoms with van der Waals surface area (Å²) in [6.07, 6.45) is 0.718. The summed E-state index contributed by atoms with van der Waals surface area (Å²) >= 11 is 5.95. The highest BCUT2D eigenvalue weighted by Crippen LogP contribution is 2.30. The van der Waals surface area contributed by atoms with Crippen molar-refractivity contribution in [1.29, 1.82) is 0 Å². The number of nitro benzene ring substituents is 1. The Hall–Kier alpha value is -3.72. The minimum Gasteiger partial charge on any atom is -0.379 e. The Bertz CT molecular complexity index is 1230. The minimum atomic E-state index is -1.13. The molecule has 7 nitrogen and oxygen atoms in total. The number of hydrogen-bond acceptors (Lipinski definition) is 5. The Balaban J connectivity index is 1.42. The zero-order valence-corrected chi connectivity index (χ0v) is 19.5. The van der Waals surface area contributed by atoms with Crippen LogP contribution in [-0.4, -0.2) is 48.5 Å². The molecule has 3 aromatic carbocycles. The molecule has 1 heterocycles. The third-order valence-corrected chi connectivity index (χ3v) is 6.23. The van der Waals surface area contributed by atoms with E-state index in [1.807, 2.05) is 35.2 Å². The molecule has 1 aliphatic heterocycles. The van der Waals surface area contributed by atoms with E-state index in [0.717, 1.165) is 29.8 Å². The molecule has 0 atom stereocenters. The van der Waals surface area contributed by atoms with Crippen LogP contribution >= 0.6 is 11.6 Å².